The van der Waals surface area contributed by atoms with Gasteiger partial charge in [0.1, 0.15) is 0 Å². The van der Waals surface area contributed by atoms with Crippen LogP contribution < -0.4 is 5.73 Å². The van der Waals surface area contributed by atoms with Gasteiger partial charge >= 0.3 is 0 Å². The van der Waals surface area contributed by atoms with Gasteiger partial charge in [-0.05, 0) is 40.4 Å². The molecule has 1 unspecified atom stereocenters. The molecule has 2 N–H and O–H groups in total. The third-order valence-electron chi connectivity index (χ3n) is 2.88. The van der Waals surface area contributed by atoms with Crippen LogP contribution in [0.3, 0.4) is 0 Å². The van der Waals surface area contributed by atoms with Crippen LogP contribution in [0.4, 0.5) is 0 Å². The molecule has 0 saturated heterocycles. The summed E-state index contributed by atoms with van der Waals surface area (Å²) >= 11 is 3.49. The van der Waals surface area contributed by atoms with Gasteiger partial charge in [-0.15, -0.1) is 0 Å². The van der Waals surface area contributed by atoms with Crippen molar-refractivity contribution < 1.29 is 0 Å². The van der Waals surface area contributed by atoms with E-state index in [9.17, 15) is 0 Å². The first-order valence-electron chi connectivity index (χ1n) is 5.55. The van der Waals surface area contributed by atoms with Gasteiger partial charge in [-0.2, -0.15) is 0 Å². The largest absolute Gasteiger partial charge is 0.323 e. The van der Waals surface area contributed by atoms with Crippen molar-refractivity contribution in [3.63, 3.8) is 0 Å². The lowest BCUT2D eigenvalue weighted by Crippen LogP contribution is -2.16. The maximum Gasteiger partial charge on any atom is 0.0712 e. The van der Waals surface area contributed by atoms with Crippen molar-refractivity contribution in [1.29, 1.82) is 0 Å². The summed E-state index contributed by atoms with van der Waals surface area (Å²) < 4.78 is 1.02. The Hall–Kier alpha value is -0.410. The molecule has 0 saturated carbocycles. The molecule has 1 aromatic rings. The number of aromatic nitrogens is 1. The Morgan fingerprint density at radius 2 is 2.07 bits per heavy atom. The van der Waals surface area contributed by atoms with E-state index >= 15 is 0 Å². The van der Waals surface area contributed by atoms with Crippen LogP contribution in [0.2, 0.25) is 0 Å². The zero-order chi connectivity index (χ0) is 11.3. The molecule has 0 aliphatic heterocycles. The molecule has 1 atom stereocenters. The predicted molar refractivity (Wildman–Crippen MR) is 67.6 cm³/mol. The maximum atomic E-state index is 6.16. The van der Waals surface area contributed by atoms with E-state index < -0.39 is 0 Å². The van der Waals surface area contributed by atoms with E-state index in [1.165, 1.54) is 12.8 Å². The normalized spacial score (nSPS) is 13.1. The fourth-order valence-electron chi connectivity index (χ4n) is 1.76. The summed E-state index contributed by atoms with van der Waals surface area (Å²) in [6, 6.07) is 3.96. The molecule has 1 heterocycles. The second kappa shape index (κ2) is 6.23. The minimum atomic E-state index is 0.0467. The van der Waals surface area contributed by atoms with E-state index in [0.29, 0.717) is 5.92 Å². The average molecular weight is 271 g/mol. The highest BCUT2D eigenvalue weighted by atomic mass is 79.9. The van der Waals surface area contributed by atoms with Crippen LogP contribution in [0.1, 0.15) is 44.8 Å². The molecule has 1 rings (SSSR count). The van der Waals surface area contributed by atoms with Gasteiger partial charge in [-0.1, -0.05) is 26.7 Å². The van der Waals surface area contributed by atoms with E-state index in [1.807, 2.05) is 12.1 Å². The second-order valence-corrected chi connectivity index (χ2v) is 4.75. The molecule has 15 heavy (non-hydrogen) atoms. The van der Waals surface area contributed by atoms with Crippen molar-refractivity contribution in [2.75, 3.05) is 0 Å². The molecule has 84 valence electrons. The minimum absolute atomic E-state index is 0.0467. The first-order chi connectivity index (χ1) is 7.19. The first kappa shape index (κ1) is 12.7. The van der Waals surface area contributed by atoms with E-state index in [2.05, 4.69) is 34.8 Å². The Bertz CT molecular complexity index is 297. The topological polar surface area (TPSA) is 38.9 Å². The second-order valence-electron chi connectivity index (χ2n) is 3.90. The summed E-state index contributed by atoms with van der Waals surface area (Å²) in [7, 11) is 0. The summed E-state index contributed by atoms with van der Waals surface area (Å²) in [5.41, 5.74) is 7.13. The van der Waals surface area contributed by atoms with E-state index in [-0.39, 0.29) is 6.04 Å². The molecule has 0 bridgehead atoms. The van der Waals surface area contributed by atoms with Crippen molar-refractivity contribution in [3.8, 4) is 0 Å². The average Bonchev–Trinajstić information content (AvgIpc) is 2.26. The summed E-state index contributed by atoms with van der Waals surface area (Å²) in [4.78, 5) is 4.33. The number of rotatable bonds is 5. The highest BCUT2D eigenvalue weighted by Crippen LogP contribution is 2.26. The van der Waals surface area contributed by atoms with E-state index in [1.54, 1.807) is 6.20 Å². The predicted octanol–water partition coefficient (Wildman–Crippen LogP) is 3.67. The molecule has 0 spiro atoms. The van der Waals surface area contributed by atoms with Gasteiger partial charge in [-0.3, -0.25) is 4.98 Å². The molecule has 1 aromatic heterocycles. The van der Waals surface area contributed by atoms with Gasteiger partial charge < -0.3 is 5.73 Å². The number of hydrogen-bond donors (Lipinski definition) is 1. The van der Waals surface area contributed by atoms with Crippen molar-refractivity contribution in [3.05, 3.63) is 28.5 Å². The highest BCUT2D eigenvalue weighted by molar-refractivity contribution is 9.10. The van der Waals surface area contributed by atoms with Gasteiger partial charge in [-0.25, -0.2) is 0 Å². The van der Waals surface area contributed by atoms with Crippen LogP contribution >= 0.6 is 15.9 Å². The van der Waals surface area contributed by atoms with Gasteiger partial charge in [0.15, 0.2) is 0 Å². The summed E-state index contributed by atoms with van der Waals surface area (Å²) in [5.74, 6) is 0.703. The quantitative estimate of drug-likeness (QED) is 0.887. The lowest BCUT2D eigenvalue weighted by molar-refractivity contribution is 0.410. The standard InChI is InChI=1S/C12H19BrN2/c1-3-9(4-2)8-11(14)12-10(13)6-5-7-15-12/h5-7,9,11H,3-4,8,14H2,1-2H3. The Morgan fingerprint density at radius 1 is 1.40 bits per heavy atom. The van der Waals surface area contributed by atoms with Crippen LogP contribution in [0.5, 0.6) is 0 Å². The number of pyridine rings is 1. The van der Waals surface area contributed by atoms with Gasteiger partial charge in [0, 0.05) is 16.7 Å². The highest BCUT2D eigenvalue weighted by Gasteiger charge is 2.15. The third kappa shape index (κ3) is 3.58. The van der Waals surface area contributed by atoms with Crippen molar-refractivity contribution in [2.24, 2.45) is 11.7 Å². The molecule has 0 aromatic carbocycles. The van der Waals surface area contributed by atoms with Crippen LogP contribution in [0, 0.1) is 5.92 Å². The molecule has 3 heteroatoms. The number of nitrogens with zero attached hydrogens (tertiary/aromatic N) is 1. The lowest BCUT2D eigenvalue weighted by atomic mass is 9.93. The number of hydrogen-bond acceptors (Lipinski definition) is 2. The molecule has 0 amide bonds. The fourth-order valence-corrected chi connectivity index (χ4v) is 2.31. The molecule has 0 radical (unpaired) electrons. The van der Waals surface area contributed by atoms with Crippen LogP contribution in [-0.4, -0.2) is 4.98 Å². The third-order valence-corrected chi connectivity index (χ3v) is 3.55. The first-order valence-corrected chi connectivity index (χ1v) is 6.34. The van der Waals surface area contributed by atoms with Crippen LogP contribution in [0.25, 0.3) is 0 Å². The maximum absolute atomic E-state index is 6.16. The summed E-state index contributed by atoms with van der Waals surface area (Å²) in [6.45, 7) is 4.43. The molecular weight excluding hydrogens is 252 g/mol. The lowest BCUT2D eigenvalue weighted by Gasteiger charge is -2.18. The Kier molecular flexibility index (Phi) is 5.26. The van der Waals surface area contributed by atoms with Crippen molar-refractivity contribution in [2.45, 2.75) is 39.2 Å². The monoisotopic (exact) mass is 270 g/mol. The zero-order valence-corrected chi connectivity index (χ0v) is 11.0. The van der Waals surface area contributed by atoms with Crippen molar-refractivity contribution >= 4 is 15.9 Å². The van der Waals surface area contributed by atoms with Crippen molar-refractivity contribution in [1.82, 2.24) is 4.98 Å². The smallest absolute Gasteiger partial charge is 0.0712 e. The van der Waals surface area contributed by atoms with Crippen LogP contribution in [-0.2, 0) is 0 Å². The van der Waals surface area contributed by atoms with Gasteiger partial charge in [0.25, 0.3) is 0 Å². The fraction of sp³-hybridized carbons (Fsp3) is 0.583. The molecule has 0 aliphatic carbocycles. The van der Waals surface area contributed by atoms with Gasteiger partial charge in [0.2, 0.25) is 0 Å². The molecular formula is C12H19BrN2. The zero-order valence-electron chi connectivity index (χ0n) is 9.41. The molecule has 0 aliphatic rings. The Labute approximate surface area is 100 Å². The molecule has 0 fully saturated rings. The summed E-state index contributed by atoms with van der Waals surface area (Å²) in [5, 5.41) is 0. The summed E-state index contributed by atoms with van der Waals surface area (Å²) in [6.07, 6.45) is 5.19. The van der Waals surface area contributed by atoms with Gasteiger partial charge in [0.05, 0.1) is 5.69 Å². The minimum Gasteiger partial charge on any atom is -0.323 e. The van der Waals surface area contributed by atoms with Crippen LogP contribution in [0.15, 0.2) is 22.8 Å². The number of halogens is 1. The molecule has 2 nitrogen and oxygen atoms in total. The van der Waals surface area contributed by atoms with E-state index in [0.717, 1.165) is 16.6 Å². The number of nitrogens with two attached hydrogens (primary N) is 1. The van der Waals surface area contributed by atoms with E-state index in [4.69, 9.17) is 5.73 Å². The SMILES string of the molecule is CCC(CC)CC(N)c1ncccc1Br. The Balaban J connectivity index is 2.68. The Morgan fingerprint density at radius 3 is 2.60 bits per heavy atom.